The first kappa shape index (κ1) is 25.2. The van der Waals surface area contributed by atoms with Crippen LogP contribution in [0.1, 0.15) is 90.4 Å². The Labute approximate surface area is 196 Å². The number of hydrogen-bond acceptors (Lipinski definition) is 4. The molecular formula is C25H42F3N3O2. The summed E-state index contributed by atoms with van der Waals surface area (Å²) in [6, 6.07) is 0.574. The number of ether oxygens (including phenoxy) is 1. The second kappa shape index (κ2) is 11.3. The number of fused-ring (bicyclic) bond motifs is 1. The SMILES string of the molecule is CCC(=O)NCC1NN(C2CCC(C(F)(F)F)CC2)C2CCC(OCC3CCCCC3)CC12. The first-order valence-electron chi connectivity index (χ1n) is 13.3. The molecule has 3 saturated carbocycles. The minimum absolute atomic E-state index is 0.0402. The van der Waals surface area contributed by atoms with E-state index in [-0.39, 0.29) is 36.9 Å². The number of carbonyl (C=O) groups is 1. The molecule has 190 valence electrons. The molecule has 0 aromatic heterocycles. The van der Waals surface area contributed by atoms with Crippen LogP contribution in [0.3, 0.4) is 0 Å². The molecule has 33 heavy (non-hydrogen) atoms. The zero-order valence-corrected chi connectivity index (χ0v) is 20.0. The largest absolute Gasteiger partial charge is 0.391 e. The van der Waals surface area contributed by atoms with Crippen LogP contribution in [0, 0.1) is 17.8 Å². The minimum Gasteiger partial charge on any atom is -0.378 e. The van der Waals surface area contributed by atoms with E-state index in [0.29, 0.717) is 43.7 Å². The molecule has 0 spiro atoms. The van der Waals surface area contributed by atoms with Gasteiger partial charge in [0, 0.05) is 37.7 Å². The normalized spacial score (nSPS) is 36.5. The van der Waals surface area contributed by atoms with Gasteiger partial charge in [-0.15, -0.1) is 0 Å². The highest BCUT2D eigenvalue weighted by Crippen LogP contribution is 2.43. The zero-order chi connectivity index (χ0) is 23.4. The molecule has 3 aliphatic carbocycles. The third-order valence-electron chi connectivity index (χ3n) is 8.69. The molecule has 4 rings (SSSR count). The first-order chi connectivity index (χ1) is 15.8. The van der Waals surface area contributed by atoms with E-state index in [2.05, 4.69) is 15.8 Å². The lowest BCUT2D eigenvalue weighted by Gasteiger charge is -2.41. The average molecular weight is 474 g/mol. The van der Waals surface area contributed by atoms with Gasteiger partial charge in [-0.05, 0) is 69.6 Å². The smallest absolute Gasteiger partial charge is 0.378 e. The van der Waals surface area contributed by atoms with Crippen molar-refractivity contribution >= 4 is 5.91 Å². The topological polar surface area (TPSA) is 53.6 Å². The van der Waals surface area contributed by atoms with Crippen molar-refractivity contribution in [1.29, 1.82) is 0 Å². The predicted molar refractivity (Wildman–Crippen MR) is 121 cm³/mol. The third-order valence-corrected chi connectivity index (χ3v) is 8.69. The third kappa shape index (κ3) is 6.43. The Kier molecular flexibility index (Phi) is 8.61. The Morgan fingerprint density at radius 1 is 1.03 bits per heavy atom. The number of halogens is 3. The summed E-state index contributed by atoms with van der Waals surface area (Å²) in [7, 11) is 0. The van der Waals surface area contributed by atoms with Gasteiger partial charge in [0.2, 0.25) is 5.91 Å². The minimum atomic E-state index is -4.08. The van der Waals surface area contributed by atoms with Crippen LogP contribution in [0.5, 0.6) is 0 Å². The maximum Gasteiger partial charge on any atom is 0.391 e. The molecule has 2 N–H and O–H groups in total. The van der Waals surface area contributed by atoms with Gasteiger partial charge in [0.25, 0.3) is 0 Å². The molecule has 4 aliphatic rings. The second-order valence-electron chi connectivity index (χ2n) is 10.9. The second-order valence-corrected chi connectivity index (χ2v) is 10.9. The summed E-state index contributed by atoms with van der Waals surface area (Å²) in [5.74, 6) is -0.0696. The van der Waals surface area contributed by atoms with Crippen LogP contribution in [0.25, 0.3) is 0 Å². The van der Waals surface area contributed by atoms with Gasteiger partial charge < -0.3 is 10.1 Å². The number of rotatable bonds is 7. The molecule has 0 aromatic carbocycles. The monoisotopic (exact) mass is 473 g/mol. The molecule has 0 aromatic rings. The van der Waals surface area contributed by atoms with Gasteiger partial charge in [0.15, 0.2) is 0 Å². The predicted octanol–water partition coefficient (Wildman–Crippen LogP) is 4.96. The zero-order valence-electron chi connectivity index (χ0n) is 20.0. The van der Waals surface area contributed by atoms with E-state index in [1.54, 1.807) is 0 Å². The van der Waals surface area contributed by atoms with Gasteiger partial charge in [-0.3, -0.25) is 4.79 Å². The van der Waals surface area contributed by atoms with Gasteiger partial charge in [0.05, 0.1) is 12.0 Å². The summed E-state index contributed by atoms with van der Waals surface area (Å²) in [5, 5.41) is 5.33. The van der Waals surface area contributed by atoms with Crippen LogP contribution < -0.4 is 10.7 Å². The molecule has 1 amide bonds. The first-order valence-corrected chi connectivity index (χ1v) is 13.3. The Morgan fingerprint density at radius 3 is 2.42 bits per heavy atom. The Bertz CT molecular complexity index is 633. The molecule has 1 saturated heterocycles. The van der Waals surface area contributed by atoms with Crippen molar-refractivity contribution < 1.29 is 22.7 Å². The van der Waals surface area contributed by atoms with Gasteiger partial charge in [-0.1, -0.05) is 26.2 Å². The lowest BCUT2D eigenvalue weighted by atomic mass is 9.78. The van der Waals surface area contributed by atoms with Crippen LogP contribution >= 0.6 is 0 Å². The highest BCUT2D eigenvalue weighted by Gasteiger charge is 2.49. The van der Waals surface area contributed by atoms with Gasteiger partial charge in [-0.25, -0.2) is 10.4 Å². The number of carbonyl (C=O) groups excluding carboxylic acids is 1. The number of alkyl halides is 3. The van der Waals surface area contributed by atoms with E-state index in [4.69, 9.17) is 4.74 Å². The van der Waals surface area contributed by atoms with E-state index >= 15 is 0 Å². The number of amides is 1. The average Bonchev–Trinajstić information content (AvgIpc) is 3.19. The molecule has 8 heteroatoms. The molecule has 1 aliphatic heterocycles. The van der Waals surface area contributed by atoms with E-state index < -0.39 is 12.1 Å². The van der Waals surface area contributed by atoms with Gasteiger partial charge >= 0.3 is 6.18 Å². The van der Waals surface area contributed by atoms with Crippen LogP contribution in [0.4, 0.5) is 13.2 Å². The van der Waals surface area contributed by atoms with Crippen LogP contribution in [0.15, 0.2) is 0 Å². The summed E-state index contributed by atoms with van der Waals surface area (Å²) >= 11 is 0. The van der Waals surface area contributed by atoms with Crippen molar-refractivity contribution in [3.8, 4) is 0 Å². The fourth-order valence-electron chi connectivity index (χ4n) is 6.69. The molecular weight excluding hydrogens is 431 g/mol. The Balaban J connectivity index is 1.35. The van der Waals surface area contributed by atoms with E-state index in [9.17, 15) is 18.0 Å². The van der Waals surface area contributed by atoms with Crippen molar-refractivity contribution in [2.24, 2.45) is 17.8 Å². The molecule has 4 fully saturated rings. The Morgan fingerprint density at radius 2 is 1.76 bits per heavy atom. The van der Waals surface area contributed by atoms with Crippen molar-refractivity contribution in [3.05, 3.63) is 0 Å². The molecule has 4 atom stereocenters. The quantitative estimate of drug-likeness (QED) is 0.549. The summed E-state index contributed by atoms with van der Waals surface area (Å²) in [6.45, 7) is 3.27. The van der Waals surface area contributed by atoms with Gasteiger partial charge in [-0.2, -0.15) is 13.2 Å². The lowest BCUT2D eigenvalue weighted by Crippen LogP contribution is -2.50. The molecule has 0 bridgehead atoms. The summed E-state index contributed by atoms with van der Waals surface area (Å²) < 4.78 is 45.9. The Hall–Kier alpha value is -0.860. The standard InChI is InChI=1S/C25H42F3N3O2/c1-2-24(32)29-15-22-21-14-20(33-16-17-6-4-3-5-7-17)12-13-23(21)31(30-22)19-10-8-18(9-11-19)25(26,27)28/h17-23,30H,2-16H2,1H3,(H,29,32). The number of nitrogens with one attached hydrogen (secondary N) is 2. The molecule has 4 unspecified atom stereocenters. The summed E-state index contributed by atoms with van der Waals surface area (Å²) in [5.41, 5.74) is 3.64. The van der Waals surface area contributed by atoms with E-state index in [0.717, 1.165) is 25.9 Å². The fraction of sp³-hybridized carbons (Fsp3) is 0.960. The number of nitrogens with zero attached hydrogens (tertiary/aromatic N) is 1. The summed E-state index contributed by atoms with van der Waals surface area (Å²) in [6.07, 6.45) is 7.74. The van der Waals surface area contributed by atoms with E-state index in [1.165, 1.54) is 32.1 Å². The van der Waals surface area contributed by atoms with Crippen LogP contribution in [-0.2, 0) is 9.53 Å². The maximum atomic E-state index is 13.2. The highest BCUT2D eigenvalue weighted by molar-refractivity contribution is 5.75. The summed E-state index contributed by atoms with van der Waals surface area (Å²) in [4.78, 5) is 11.9. The van der Waals surface area contributed by atoms with Gasteiger partial charge in [0.1, 0.15) is 0 Å². The van der Waals surface area contributed by atoms with Crippen molar-refractivity contribution in [2.75, 3.05) is 13.2 Å². The van der Waals surface area contributed by atoms with Crippen molar-refractivity contribution in [3.63, 3.8) is 0 Å². The maximum absolute atomic E-state index is 13.2. The number of hydrazine groups is 1. The fourth-order valence-corrected chi connectivity index (χ4v) is 6.69. The van der Waals surface area contributed by atoms with E-state index in [1.807, 2.05) is 6.92 Å². The van der Waals surface area contributed by atoms with Crippen molar-refractivity contribution in [1.82, 2.24) is 15.8 Å². The number of hydrogen-bond donors (Lipinski definition) is 2. The molecule has 5 nitrogen and oxygen atoms in total. The molecule has 1 heterocycles. The highest BCUT2D eigenvalue weighted by atomic mass is 19.4. The lowest BCUT2D eigenvalue weighted by molar-refractivity contribution is -0.185. The van der Waals surface area contributed by atoms with Crippen LogP contribution in [0.2, 0.25) is 0 Å². The van der Waals surface area contributed by atoms with Crippen molar-refractivity contribution in [2.45, 2.75) is 121 Å². The molecule has 0 radical (unpaired) electrons. The van der Waals surface area contributed by atoms with Crippen LogP contribution in [-0.4, -0.2) is 54.5 Å².